The van der Waals surface area contributed by atoms with Gasteiger partial charge in [-0.2, -0.15) is 0 Å². The monoisotopic (exact) mass is 474 g/mol. The first kappa shape index (κ1) is 24.3. The van der Waals surface area contributed by atoms with E-state index in [1.807, 2.05) is 74.5 Å². The topological polar surface area (TPSA) is 93.1 Å². The number of fused-ring (bicyclic) bond motifs is 2. The highest BCUT2D eigenvalue weighted by atomic mass is 16.5. The van der Waals surface area contributed by atoms with Crippen molar-refractivity contribution in [1.29, 1.82) is 0 Å². The molecule has 6 heteroatoms. The molecule has 1 saturated carbocycles. The fourth-order valence-electron chi connectivity index (χ4n) is 5.28. The van der Waals surface area contributed by atoms with Gasteiger partial charge >= 0.3 is 11.9 Å². The number of benzene rings is 2. The van der Waals surface area contributed by atoms with Crippen molar-refractivity contribution in [3.63, 3.8) is 0 Å². The number of hydrogen-bond donors (Lipinski definition) is 2. The van der Waals surface area contributed by atoms with Gasteiger partial charge in [0.05, 0.1) is 13.2 Å². The van der Waals surface area contributed by atoms with Crippen LogP contribution >= 0.6 is 0 Å². The molecule has 182 valence electrons. The number of rotatable bonds is 10. The summed E-state index contributed by atoms with van der Waals surface area (Å²) in [6.45, 7) is 4.90. The molecule has 1 fully saturated rings. The second-order valence-electron chi connectivity index (χ2n) is 8.81. The summed E-state index contributed by atoms with van der Waals surface area (Å²) in [4.78, 5) is 24.9. The molecule has 2 aliphatic carbocycles. The average Bonchev–Trinajstić information content (AvgIpc) is 3.45. The quantitative estimate of drug-likeness (QED) is 0.346. The summed E-state index contributed by atoms with van der Waals surface area (Å²) >= 11 is 0. The predicted molar refractivity (Wildman–Crippen MR) is 134 cm³/mol. The lowest BCUT2D eigenvalue weighted by Crippen LogP contribution is -2.29. The number of hydrogen-bond acceptors (Lipinski definition) is 4. The van der Waals surface area contributed by atoms with Crippen LogP contribution in [0, 0.1) is 23.7 Å². The van der Waals surface area contributed by atoms with Crippen LogP contribution in [-0.4, -0.2) is 35.4 Å². The first-order valence-electron chi connectivity index (χ1n) is 11.9. The van der Waals surface area contributed by atoms with Crippen LogP contribution in [0.25, 0.3) is 12.2 Å². The number of aliphatic carboxylic acids is 2. The first-order valence-corrected chi connectivity index (χ1v) is 11.9. The highest BCUT2D eigenvalue weighted by molar-refractivity contribution is 5.96. The van der Waals surface area contributed by atoms with Crippen molar-refractivity contribution < 1.29 is 29.3 Å². The van der Waals surface area contributed by atoms with E-state index in [-0.39, 0.29) is 23.0 Å². The molecule has 2 N–H and O–H groups in total. The molecule has 35 heavy (non-hydrogen) atoms. The minimum Gasteiger partial charge on any atom is -0.494 e. The van der Waals surface area contributed by atoms with E-state index in [4.69, 9.17) is 9.47 Å². The van der Waals surface area contributed by atoms with E-state index in [1.165, 1.54) is 0 Å². The van der Waals surface area contributed by atoms with Gasteiger partial charge in [0.1, 0.15) is 11.5 Å². The molecule has 0 heterocycles. The minimum absolute atomic E-state index is 0.0156. The SMILES string of the molecule is CCOc1ccc(C=C(C(=O)O)C2C3C=CC(C3)C2C(=Cc2ccc(OCC)cc2)C(=O)O)cc1. The molecule has 0 spiro atoms. The Kier molecular flexibility index (Phi) is 7.39. The lowest BCUT2D eigenvalue weighted by molar-refractivity contribution is -0.135. The summed E-state index contributed by atoms with van der Waals surface area (Å²) < 4.78 is 11.0. The number of ether oxygens (including phenoxy) is 2. The van der Waals surface area contributed by atoms with Crippen LogP contribution in [-0.2, 0) is 9.59 Å². The lowest BCUT2D eigenvalue weighted by Gasteiger charge is -2.29. The average molecular weight is 475 g/mol. The van der Waals surface area contributed by atoms with Crippen molar-refractivity contribution in [2.24, 2.45) is 23.7 Å². The molecule has 4 unspecified atom stereocenters. The normalized spacial score (nSPS) is 23.4. The third-order valence-corrected chi connectivity index (χ3v) is 6.70. The second kappa shape index (κ2) is 10.6. The van der Waals surface area contributed by atoms with Gasteiger partial charge in [0, 0.05) is 23.0 Å². The molecule has 0 aliphatic heterocycles. The van der Waals surface area contributed by atoms with Gasteiger partial charge in [0.2, 0.25) is 0 Å². The van der Waals surface area contributed by atoms with Gasteiger partial charge in [-0.1, -0.05) is 36.4 Å². The number of carboxylic acids is 2. The van der Waals surface area contributed by atoms with Crippen molar-refractivity contribution >= 4 is 24.1 Å². The van der Waals surface area contributed by atoms with Gasteiger partial charge in [-0.3, -0.25) is 0 Å². The summed E-state index contributed by atoms with van der Waals surface area (Å²) in [6, 6.07) is 14.5. The van der Waals surface area contributed by atoms with Crippen molar-refractivity contribution in [2.75, 3.05) is 13.2 Å². The van der Waals surface area contributed by atoms with Crippen LogP contribution in [0.15, 0.2) is 71.8 Å². The van der Waals surface area contributed by atoms with Crippen molar-refractivity contribution in [2.45, 2.75) is 20.3 Å². The Labute approximate surface area is 205 Å². The molecule has 2 aromatic rings. The Morgan fingerprint density at radius 1 is 0.743 bits per heavy atom. The number of carboxylic acid groups (broad SMARTS) is 2. The largest absolute Gasteiger partial charge is 0.494 e. The molecule has 2 aromatic carbocycles. The van der Waals surface area contributed by atoms with Crippen molar-refractivity contribution in [3.8, 4) is 11.5 Å². The minimum atomic E-state index is -1.03. The number of carbonyl (C=O) groups is 2. The Balaban J connectivity index is 1.71. The highest BCUT2D eigenvalue weighted by Gasteiger charge is 2.50. The third-order valence-electron chi connectivity index (χ3n) is 6.70. The molecule has 4 atom stereocenters. The zero-order valence-electron chi connectivity index (χ0n) is 19.9. The zero-order chi connectivity index (χ0) is 24.9. The summed E-state index contributed by atoms with van der Waals surface area (Å²) in [5.74, 6) is -1.52. The van der Waals surface area contributed by atoms with Crippen LogP contribution in [0.2, 0.25) is 0 Å². The standard InChI is InChI=1S/C29H30O6/c1-3-34-22-11-5-18(6-12-22)15-24(28(30)31)26-20-9-10-21(17-20)27(26)25(29(32)33)16-19-7-13-23(14-8-19)35-4-2/h5-16,20-21,26-27H,3-4,17H2,1-2H3,(H,30,31)(H,32,33). The van der Waals surface area contributed by atoms with Gasteiger partial charge < -0.3 is 19.7 Å². The maximum Gasteiger partial charge on any atom is 0.331 e. The van der Waals surface area contributed by atoms with Crippen molar-refractivity contribution in [1.82, 2.24) is 0 Å². The Morgan fingerprint density at radius 3 is 1.43 bits per heavy atom. The van der Waals surface area contributed by atoms with E-state index < -0.39 is 23.8 Å². The Hall–Kier alpha value is -3.80. The maximum absolute atomic E-state index is 12.4. The van der Waals surface area contributed by atoms with Crippen LogP contribution in [0.4, 0.5) is 0 Å². The first-order chi connectivity index (χ1) is 16.9. The van der Waals surface area contributed by atoms with E-state index in [0.717, 1.165) is 17.5 Å². The third kappa shape index (κ3) is 5.32. The molecule has 4 rings (SSSR count). The van der Waals surface area contributed by atoms with Gasteiger partial charge in [-0.05, 0) is 79.6 Å². The van der Waals surface area contributed by atoms with Gasteiger partial charge in [0.25, 0.3) is 0 Å². The van der Waals surface area contributed by atoms with E-state index in [2.05, 4.69) is 0 Å². The molecule has 6 nitrogen and oxygen atoms in total. The van der Waals surface area contributed by atoms with Gasteiger partial charge in [0.15, 0.2) is 0 Å². The molecule has 2 bridgehead atoms. The Bertz CT molecular complexity index is 1070. The van der Waals surface area contributed by atoms with Crippen LogP contribution < -0.4 is 9.47 Å². The van der Waals surface area contributed by atoms with E-state index in [9.17, 15) is 19.8 Å². The van der Waals surface area contributed by atoms with E-state index in [1.54, 1.807) is 12.2 Å². The van der Waals surface area contributed by atoms with Crippen LogP contribution in [0.3, 0.4) is 0 Å². The molecule has 0 saturated heterocycles. The van der Waals surface area contributed by atoms with Crippen LogP contribution in [0.1, 0.15) is 31.4 Å². The molecular formula is C29H30O6. The second-order valence-corrected chi connectivity index (χ2v) is 8.81. The fraction of sp³-hybridized carbons (Fsp3) is 0.310. The maximum atomic E-state index is 12.4. The Morgan fingerprint density at radius 2 is 1.11 bits per heavy atom. The summed E-state index contributed by atoms with van der Waals surface area (Å²) in [5, 5.41) is 20.3. The zero-order valence-corrected chi connectivity index (χ0v) is 19.9. The molecule has 0 aromatic heterocycles. The summed E-state index contributed by atoms with van der Waals surface area (Å²) in [7, 11) is 0. The molecule has 0 radical (unpaired) electrons. The van der Waals surface area contributed by atoms with E-state index >= 15 is 0 Å². The van der Waals surface area contributed by atoms with Gasteiger partial charge in [-0.25, -0.2) is 9.59 Å². The van der Waals surface area contributed by atoms with Gasteiger partial charge in [-0.15, -0.1) is 0 Å². The van der Waals surface area contributed by atoms with Crippen molar-refractivity contribution in [3.05, 3.63) is 83.0 Å². The molecule has 0 amide bonds. The smallest absolute Gasteiger partial charge is 0.331 e. The molecular weight excluding hydrogens is 444 g/mol. The highest BCUT2D eigenvalue weighted by Crippen LogP contribution is 2.54. The summed E-state index contributed by atoms with van der Waals surface area (Å²) in [6.07, 6.45) is 8.16. The summed E-state index contributed by atoms with van der Waals surface area (Å²) in [5.41, 5.74) is 1.94. The number of allylic oxidation sites excluding steroid dienone is 2. The van der Waals surface area contributed by atoms with E-state index in [0.29, 0.717) is 24.7 Å². The fourth-order valence-corrected chi connectivity index (χ4v) is 5.28. The van der Waals surface area contributed by atoms with Crippen LogP contribution in [0.5, 0.6) is 11.5 Å². The molecule has 2 aliphatic rings. The lowest BCUT2D eigenvalue weighted by atomic mass is 9.73. The predicted octanol–water partition coefficient (Wildman–Crippen LogP) is 5.56.